The molecule has 1 atom stereocenters. The summed E-state index contributed by atoms with van der Waals surface area (Å²) < 4.78 is 4.44. The van der Waals surface area contributed by atoms with Gasteiger partial charge in [0.05, 0.1) is 7.11 Å². The summed E-state index contributed by atoms with van der Waals surface area (Å²) in [6.07, 6.45) is 0.896. The van der Waals surface area contributed by atoms with E-state index in [1.807, 2.05) is 18.2 Å². The topological polar surface area (TPSA) is 46.6 Å². The monoisotopic (exact) mass is 233 g/mol. The fourth-order valence-corrected chi connectivity index (χ4v) is 2.16. The van der Waals surface area contributed by atoms with Crippen LogP contribution in [0.4, 0.5) is 0 Å². The van der Waals surface area contributed by atoms with Crippen LogP contribution >= 0.6 is 0 Å². The summed E-state index contributed by atoms with van der Waals surface area (Å²) in [4.78, 5) is 24.3. The molecule has 1 aromatic carbocycles. The molecular formula is C13H15NO3. The standard InChI is InChI=1S/C13H15NO3/c1-17-13(16)12(15)14-8-7-11(9-14)10-5-3-2-4-6-10/h2-6,11H,7-9H2,1H3. The highest BCUT2D eigenvalue weighted by molar-refractivity contribution is 6.32. The van der Waals surface area contributed by atoms with E-state index in [9.17, 15) is 9.59 Å². The molecule has 1 aromatic rings. The average Bonchev–Trinajstić information content (AvgIpc) is 2.87. The summed E-state index contributed by atoms with van der Waals surface area (Å²) in [7, 11) is 1.23. The third-order valence-corrected chi connectivity index (χ3v) is 3.11. The van der Waals surface area contributed by atoms with Gasteiger partial charge in [0, 0.05) is 19.0 Å². The summed E-state index contributed by atoms with van der Waals surface area (Å²) in [6, 6.07) is 10.0. The fourth-order valence-electron chi connectivity index (χ4n) is 2.16. The lowest BCUT2D eigenvalue weighted by atomic mass is 9.99. The van der Waals surface area contributed by atoms with Gasteiger partial charge in [-0.15, -0.1) is 0 Å². The maximum Gasteiger partial charge on any atom is 0.396 e. The Morgan fingerprint density at radius 1 is 1.29 bits per heavy atom. The third-order valence-electron chi connectivity index (χ3n) is 3.11. The first-order valence-electron chi connectivity index (χ1n) is 5.64. The second-order valence-electron chi connectivity index (χ2n) is 4.14. The van der Waals surface area contributed by atoms with Gasteiger partial charge in [0.1, 0.15) is 0 Å². The van der Waals surface area contributed by atoms with E-state index >= 15 is 0 Å². The lowest BCUT2D eigenvalue weighted by molar-refractivity contribution is -0.157. The molecule has 0 saturated carbocycles. The largest absolute Gasteiger partial charge is 0.462 e. The summed E-state index contributed by atoms with van der Waals surface area (Å²) in [5.41, 5.74) is 1.22. The molecule has 0 bridgehead atoms. The van der Waals surface area contributed by atoms with Gasteiger partial charge in [-0.3, -0.25) is 4.79 Å². The van der Waals surface area contributed by atoms with E-state index in [2.05, 4.69) is 16.9 Å². The summed E-state index contributed by atoms with van der Waals surface area (Å²) in [5.74, 6) is -0.991. The minimum absolute atomic E-state index is 0.324. The van der Waals surface area contributed by atoms with Crippen LogP contribution in [0.1, 0.15) is 17.9 Å². The highest BCUT2D eigenvalue weighted by Crippen LogP contribution is 2.26. The van der Waals surface area contributed by atoms with E-state index in [0.29, 0.717) is 19.0 Å². The molecule has 4 nitrogen and oxygen atoms in total. The molecule has 0 aliphatic carbocycles. The van der Waals surface area contributed by atoms with Crippen molar-refractivity contribution in [3.05, 3.63) is 35.9 Å². The molecular weight excluding hydrogens is 218 g/mol. The van der Waals surface area contributed by atoms with E-state index in [1.54, 1.807) is 4.90 Å². The Labute approximate surface area is 100 Å². The van der Waals surface area contributed by atoms with Crippen molar-refractivity contribution in [3.8, 4) is 0 Å². The lowest BCUT2D eigenvalue weighted by Crippen LogP contribution is -2.35. The zero-order valence-electron chi connectivity index (χ0n) is 9.76. The van der Waals surface area contributed by atoms with E-state index in [1.165, 1.54) is 12.7 Å². The van der Waals surface area contributed by atoms with Crippen LogP contribution in [0.5, 0.6) is 0 Å². The van der Waals surface area contributed by atoms with E-state index in [-0.39, 0.29) is 0 Å². The molecule has 2 rings (SSSR count). The van der Waals surface area contributed by atoms with Crippen molar-refractivity contribution in [1.29, 1.82) is 0 Å². The molecule has 1 aliphatic rings. The normalized spacial score (nSPS) is 19.1. The van der Waals surface area contributed by atoms with Crippen molar-refractivity contribution < 1.29 is 14.3 Å². The minimum atomic E-state index is -0.779. The Morgan fingerprint density at radius 2 is 2.00 bits per heavy atom. The number of esters is 1. The molecule has 1 saturated heterocycles. The van der Waals surface area contributed by atoms with Crippen LogP contribution in [0.2, 0.25) is 0 Å². The van der Waals surface area contributed by atoms with Crippen molar-refractivity contribution in [2.45, 2.75) is 12.3 Å². The summed E-state index contributed by atoms with van der Waals surface area (Å²) >= 11 is 0. The number of carbonyl (C=O) groups is 2. The van der Waals surface area contributed by atoms with Crippen molar-refractivity contribution >= 4 is 11.9 Å². The van der Waals surface area contributed by atoms with Crippen LogP contribution in [-0.2, 0) is 14.3 Å². The van der Waals surface area contributed by atoms with Gasteiger partial charge in [0.2, 0.25) is 0 Å². The molecule has 0 radical (unpaired) electrons. The van der Waals surface area contributed by atoms with Crippen molar-refractivity contribution in [3.63, 3.8) is 0 Å². The van der Waals surface area contributed by atoms with Crippen LogP contribution in [0.3, 0.4) is 0 Å². The van der Waals surface area contributed by atoms with Gasteiger partial charge >= 0.3 is 11.9 Å². The van der Waals surface area contributed by atoms with E-state index < -0.39 is 11.9 Å². The number of hydrogen-bond donors (Lipinski definition) is 0. The van der Waals surface area contributed by atoms with Gasteiger partial charge in [-0.05, 0) is 12.0 Å². The number of ether oxygens (including phenoxy) is 1. The van der Waals surface area contributed by atoms with E-state index in [4.69, 9.17) is 0 Å². The van der Waals surface area contributed by atoms with Crippen molar-refractivity contribution in [1.82, 2.24) is 4.90 Å². The molecule has 90 valence electrons. The molecule has 1 unspecified atom stereocenters. The maximum absolute atomic E-state index is 11.6. The Balaban J connectivity index is 2.01. The Bertz CT molecular complexity index is 416. The molecule has 0 spiro atoms. The number of rotatable bonds is 1. The zero-order chi connectivity index (χ0) is 12.3. The first-order valence-corrected chi connectivity index (χ1v) is 5.64. The van der Waals surface area contributed by atoms with Crippen LogP contribution < -0.4 is 0 Å². The Kier molecular flexibility index (Phi) is 3.42. The van der Waals surface area contributed by atoms with Crippen LogP contribution in [-0.4, -0.2) is 37.0 Å². The number of carbonyl (C=O) groups excluding carboxylic acids is 2. The molecule has 0 aromatic heterocycles. The number of nitrogens with zero attached hydrogens (tertiary/aromatic N) is 1. The SMILES string of the molecule is COC(=O)C(=O)N1CCC(c2ccccc2)C1. The van der Waals surface area contributed by atoms with Gasteiger partial charge < -0.3 is 9.64 Å². The number of hydrogen-bond acceptors (Lipinski definition) is 3. The molecule has 1 amide bonds. The molecule has 17 heavy (non-hydrogen) atoms. The van der Waals surface area contributed by atoms with Gasteiger partial charge in [0.15, 0.2) is 0 Å². The van der Waals surface area contributed by atoms with Gasteiger partial charge in [-0.1, -0.05) is 30.3 Å². The zero-order valence-corrected chi connectivity index (χ0v) is 9.76. The molecule has 1 heterocycles. The number of likely N-dealkylation sites (tertiary alicyclic amines) is 1. The highest BCUT2D eigenvalue weighted by Gasteiger charge is 2.31. The first kappa shape index (κ1) is 11.6. The summed E-state index contributed by atoms with van der Waals surface area (Å²) in [5, 5.41) is 0. The number of methoxy groups -OCH3 is 1. The Morgan fingerprint density at radius 3 is 2.65 bits per heavy atom. The third kappa shape index (κ3) is 2.46. The summed E-state index contributed by atoms with van der Waals surface area (Å²) in [6.45, 7) is 1.21. The van der Waals surface area contributed by atoms with Gasteiger partial charge in [-0.25, -0.2) is 4.79 Å². The lowest BCUT2D eigenvalue weighted by Gasteiger charge is -2.14. The molecule has 0 N–H and O–H groups in total. The molecule has 1 fully saturated rings. The van der Waals surface area contributed by atoms with Crippen molar-refractivity contribution in [2.75, 3.05) is 20.2 Å². The van der Waals surface area contributed by atoms with Gasteiger partial charge in [0.25, 0.3) is 0 Å². The smallest absolute Gasteiger partial charge is 0.396 e. The maximum atomic E-state index is 11.6. The van der Waals surface area contributed by atoms with E-state index in [0.717, 1.165) is 6.42 Å². The van der Waals surface area contributed by atoms with Crippen LogP contribution in [0.15, 0.2) is 30.3 Å². The second-order valence-corrected chi connectivity index (χ2v) is 4.14. The predicted octanol–water partition coefficient (Wildman–Crippen LogP) is 1.18. The quantitative estimate of drug-likeness (QED) is 0.540. The first-order chi connectivity index (χ1) is 8.22. The number of benzene rings is 1. The molecule has 4 heteroatoms. The number of amides is 1. The van der Waals surface area contributed by atoms with Gasteiger partial charge in [-0.2, -0.15) is 0 Å². The molecule has 1 aliphatic heterocycles. The fraction of sp³-hybridized carbons (Fsp3) is 0.385. The minimum Gasteiger partial charge on any atom is -0.462 e. The van der Waals surface area contributed by atoms with Crippen molar-refractivity contribution in [2.24, 2.45) is 0 Å². The average molecular weight is 233 g/mol. The van der Waals surface area contributed by atoms with Crippen LogP contribution in [0, 0.1) is 0 Å². The highest BCUT2D eigenvalue weighted by atomic mass is 16.5. The van der Waals surface area contributed by atoms with Crippen LogP contribution in [0.25, 0.3) is 0 Å². The second kappa shape index (κ2) is 4.99. The Hall–Kier alpha value is -1.84. The predicted molar refractivity (Wildman–Crippen MR) is 62.4 cm³/mol.